The van der Waals surface area contributed by atoms with Gasteiger partial charge in [0.2, 0.25) is 0 Å². The quantitative estimate of drug-likeness (QED) is 0.462. The number of halogens is 5. The minimum absolute atomic E-state index is 0.209. The molecule has 1 aromatic heterocycles. The van der Waals surface area contributed by atoms with Gasteiger partial charge in [-0.2, -0.15) is 0 Å². The summed E-state index contributed by atoms with van der Waals surface area (Å²) in [4.78, 5) is 14.4. The van der Waals surface area contributed by atoms with Gasteiger partial charge >= 0.3 is 0 Å². The number of alkyl halides is 2. The molecule has 0 fully saturated rings. The Bertz CT molecular complexity index is 386. The van der Waals surface area contributed by atoms with E-state index in [1.807, 2.05) is 0 Å². The van der Waals surface area contributed by atoms with Gasteiger partial charge in [-0.15, -0.1) is 0 Å². The second kappa shape index (κ2) is 4.67. The zero-order chi connectivity index (χ0) is 10.9. The molecule has 0 atom stereocenters. The molecule has 0 aliphatic heterocycles. The molecule has 1 aromatic rings. The molecule has 0 saturated heterocycles. The van der Waals surface area contributed by atoms with Crippen molar-refractivity contribution in [2.45, 2.75) is 6.43 Å². The first-order valence-corrected chi connectivity index (χ1v) is 5.10. The zero-order valence-electron chi connectivity index (χ0n) is 6.40. The molecule has 2 nitrogen and oxygen atoms in total. The monoisotopic (exact) mass is 351 g/mol. The van der Waals surface area contributed by atoms with Gasteiger partial charge in [-0.1, -0.05) is 11.6 Å². The first-order valence-electron chi connectivity index (χ1n) is 3.27. The number of hydrogen-bond donors (Lipinski definition) is 0. The van der Waals surface area contributed by atoms with Gasteiger partial charge in [-0.05, 0) is 34.2 Å². The van der Waals surface area contributed by atoms with Crippen LogP contribution >= 0.6 is 45.8 Å². The standard InChI is InChI=1S/C7H2Cl2F2INO/c8-4-3(6(10)11)2(5(9)14)1-13-7(4)12/h1,6H. The first-order chi connectivity index (χ1) is 6.45. The number of hydrogen-bond acceptors (Lipinski definition) is 2. The topological polar surface area (TPSA) is 30.0 Å². The Morgan fingerprint density at radius 3 is 2.57 bits per heavy atom. The molecule has 0 aliphatic rings. The Morgan fingerprint density at radius 2 is 2.14 bits per heavy atom. The molecule has 0 bridgehead atoms. The molecular formula is C7H2Cl2F2INO. The molecular weight excluding hydrogens is 350 g/mol. The SMILES string of the molecule is O=C(Cl)c1cnc(I)c(Cl)c1C(F)F. The van der Waals surface area contributed by atoms with E-state index in [2.05, 4.69) is 4.98 Å². The average molecular weight is 352 g/mol. The van der Waals surface area contributed by atoms with Gasteiger partial charge < -0.3 is 0 Å². The minimum atomic E-state index is -2.85. The largest absolute Gasteiger partial charge is 0.276 e. The summed E-state index contributed by atoms with van der Waals surface area (Å²) < 4.78 is 25.2. The summed E-state index contributed by atoms with van der Waals surface area (Å²) in [6, 6.07) is 0. The van der Waals surface area contributed by atoms with Crippen LogP contribution in [0.5, 0.6) is 0 Å². The van der Waals surface area contributed by atoms with Crippen LogP contribution in [0.3, 0.4) is 0 Å². The van der Waals surface area contributed by atoms with Crippen LogP contribution in [0.4, 0.5) is 8.78 Å². The van der Waals surface area contributed by atoms with E-state index in [1.54, 1.807) is 22.6 Å². The van der Waals surface area contributed by atoms with Crippen LogP contribution in [0.25, 0.3) is 0 Å². The molecule has 0 aromatic carbocycles. The highest BCUT2D eigenvalue weighted by Crippen LogP contribution is 2.33. The summed E-state index contributed by atoms with van der Waals surface area (Å²) in [7, 11) is 0. The lowest BCUT2D eigenvalue weighted by atomic mass is 10.1. The van der Waals surface area contributed by atoms with E-state index in [9.17, 15) is 13.6 Å². The number of pyridine rings is 1. The van der Waals surface area contributed by atoms with E-state index < -0.39 is 17.2 Å². The van der Waals surface area contributed by atoms with Crippen LogP contribution in [-0.2, 0) is 0 Å². The fraction of sp³-hybridized carbons (Fsp3) is 0.143. The van der Waals surface area contributed by atoms with Crippen molar-refractivity contribution in [1.29, 1.82) is 0 Å². The summed E-state index contributed by atoms with van der Waals surface area (Å²) in [6.45, 7) is 0. The lowest BCUT2D eigenvalue weighted by molar-refractivity contribution is 0.106. The molecule has 0 unspecified atom stereocenters. The fourth-order valence-electron chi connectivity index (χ4n) is 0.847. The molecule has 0 N–H and O–H groups in total. The van der Waals surface area contributed by atoms with Gasteiger partial charge in [-0.3, -0.25) is 4.79 Å². The normalized spacial score (nSPS) is 10.7. The molecule has 0 spiro atoms. The Morgan fingerprint density at radius 1 is 1.57 bits per heavy atom. The van der Waals surface area contributed by atoms with Crippen molar-refractivity contribution in [3.8, 4) is 0 Å². The smallest absolute Gasteiger partial charge is 0.266 e. The van der Waals surface area contributed by atoms with Crippen LogP contribution in [0.15, 0.2) is 6.20 Å². The summed E-state index contributed by atoms with van der Waals surface area (Å²) in [5, 5.41) is -1.22. The molecule has 76 valence electrons. The second-order valence-electron chi connectivity index (χ2n) is 2.26. The molecule has 0 aliphatic carbocycles. The molecule has 0 saturated carbocycles. The predicted molar refractivity (Wildman–Crippen MR) is 57.1 cm³/mol. The number of nitrogens with zero attached hydrogens (tertiary/aromatic N) is 1. The lowest BCUT2D eigenvalue weighted by Gasteiger charge is -2.07. The Hall–Kier alpha value is -0.0100. The lowest BCUT2D eigenvalue weighted by Crippen LogP contribution is -2.02. The maximum absolute atomic E-state index is 12.5. The van der Waals surface area contributed by atoms with Gasteiger partial charge in [-0.25, -0.2) is 13.8 Å². The van der Waals surface area contributed by atoms with Crippen LogP contribution in [-0.4, -0.2) is 10.2 Å². The van der Waals surface area contributed by atoms with E-state index in [1.165, 1.54) is 0 Å². The highest BCUT2D eigenvalue weighted by molar-refractivity contribution is 14.1. The first kappa shape index (κ1) is 12.1. The third-order valence-electron chi connectivity index (χ3n) is 1.44. The van der Waals surface area contributed by atoms with Crippen molar-refractivity contribution < 1.29 is 13.6 Å². The second-order valence-corrected chi connectivity index (χ2v) is 4.01. The third kappa shape index (κ3) is 2.32. The average Bonchev–Trinajstić information content (AvgIpc) is 2.08. The van der Waals surface area contributed by atoms with Crippen LogP contribution in [0.2, 0.25) is 5.02 Å². The predicted octanol–water partition coefficient (Wildman–Crippen LogP) is 3.66. The number of carbonyl (C=O) groups is 1. The molecule has 1 heterocycles. The van der Waals surface area contributed by atoms with Crippen molar-refractivity contribution in [1.82, 2.24) is 4.98 Å². The fourth-order valence-corrected chi connectivity index (χ4v) is 1.66. The van der Waals surface area contributed by atoms with Gasteiger partial charge in [0, 0.05) is 6.20 Å². The Balaban J connectivity index is 3.45. The van der Waals surface area contributed by atoms with Crippen molar-refractivity contribution in [3.05, 3.63) is 26.0 Å². The third-order valence-corrected chi connectivity index (χ3v) is 3.17. The van der Waals surface area contributed by atoms with Crippen molar-refractivity contribution in [3.63, 3.8) is 0 Å². The number of aromatic nitrogens is 1. The van der Waals surface area contributed by atoms with Crippen molar-refractivity contribution in [2.24, 2.45) is 0 Å². The highest BCUT2D eigenvalue weighted by Gasteiger charge is 2.23. The Kier molecular flexibility index (Phi) is 4.03. The van der Waals surface area contributed by atoms with Gasteiger partial charge in [0.25, 0.3) is 11.7 Å². The van der Waals surface area contributed by atoms with E-state index in [4.69, 9.17) is 23.2 Å². The number of carbonyl (C=O) groups excluding carboxylic acids is 1. The maximum atomic E-state index is 12.5. The van der Waals surface area contributed by atoms with E-state index in [0.29, 0.717) is 0 Å². The molecule has 0 amide bonds. The molecule has 1 rings (SSSR count). The van der Waals surface area contributed by atoms with Gasteiger partial charge in [0.1, 0.15) is 3.70 Å². The molecule has 0 radical (unpaired) electrons. The summed E-state index contributed by atoms with van der Waals surface area (Å²) >= 11 is 12.4. The van der Waals surface area contributed by atoms with E-state index in [-0.39, 0.29) is 14.3 Å². The zero-order valence-corrected chi connectivity index (χ0v) is 10.1. The Labute approximate surface area is 102 Å². The van der Waals surface area contributed by atoms with E-state index >= 15 is 0 Å². The van der Waals surface area contributed by atoms with Gasteiger partial charge in [0.15, 0.2) is 0 Å². The molecule has 14 heavy (non-hydrogen) atoms. The van der Waals surface area contributed by atoms with Crippen LogP contribution < -0.4 is 0 Å². The maximum Gasteiger partial charge on any atom is 0.266 e. The van der Waals surface area contributed by atoms with Crippen LogP contribution in [0, 0.1) is 3.70 Å². The summed E-state index contributed by atoms with van der Waals surface area (Å²) in [5.41, 5.74) is -0.918. The van der Waals surface area contributed by atoms with E-state index in [0.717, 1.165) is 6.20 Å². The highest BCUT2D eigenvalue weighted by atomic mass is 127. The van der Waals surface area contributed by atoms with Crippen LogP contribution in [0.1, 0.15) is 22.3 Å². The number of rotatable bonds is 2. The van der Waals surface area contributed by atoms with Crippen molar-refractivity contribution in [2.75, 3.05) is 0 Å². The summed E-state index contributed by atoms with van der Waals surface area (Å²) in [5.74, 6) is 0. The summed E-state index contributed by atoms with van der Waals surface area (Å²) in [6.07, 6.45) is -1.86. The molecule has 7 heteroatoms. The van der Waals surface area contributed by atoms with Crippen molar-refractivity contribution >= 4 is 51.0 Å². The van der Waals surface area contributed by atoms with Gasteiger partial charge in [0.05, 0.1) is 16.1 Å². The minimum Gasteiger partial charge on any atom is -0.276 e.